The van der Waals surface area contributed by atoms with E-state index in [1.54, 1.807) is 17.9 Å². The Morgan fingerprint density at radius 2 is 1.79 bits per heavy atom. The normalized spacial score (nSPS) is 12.6. The van der Waals surface area contributed by atoms with Gasteiger partial charge in [-0.3, -0.25) is 0 Å². The molecule has 24 heavy (non-hydrogen) atoms. The Morgan fingerprint density at radius 3 is 2.58 bits per heavy atom. The fourth-order valence-electron chi connectivity index (χ4n) is 2.80. The first-order valence-corrected chi connectivity index (χ1v) is 7.81. The number of aliphatic hydroxyl groups is 1. The molecule has 0 aliphatic rings. The van der Waals surface area contributed by atoms with Crippen LogP contribution in [0.15, 0.2) is 60.9 Å². The maximum Gasteiger partial charge on any atom is 0.170 e. The summed E-state index contributed by atoms with van der Waals surface area (Å²) in [7, 11) is 0. The molecule has 0 saturated carbocycles. The Bertz CT molecular complexity index is 971. The lowest BCUT2D eigenvalue weighted by atomic mass is 10.3. The van der Waals surface area contributed by atoms with Gasteiger partial charge in [0, 0.05) is 0 Å². The molecule has 120 valence electrons. The van der Waals surface area contributed by atoms with Gasteiger partial charge in [0.2, 0.25) is 0 Å². The first-order chi connectivity index (χ1) is 11.7. The van der Waals surface area contributed by atoms with Crippen LogP contribution in [0.5, 0.6) is 0 Å². The Hall–Kier alpha value is -2.99. The van der Waals surface area contributed by atoms with Crippen LogP contribution in [-0.4, -0.2) is 29.4 Å². The van der Waals surface area contributed by atoms with Crippen molar-refractivity contribution >= 4 is 11.0 Å². The maximum atomic E-state index is 10.0. The topological polar surface area (TPSA) is 68.8 Å². The standard InChI is InChI=1S/C18H17N5O/c1-13(24)18-20-15-9-5-6-10-16(15)22(18)11-17-19-12-23(21-17)14-7-3-2-4-8-14/h2-10,12-13,24H,11H2,1H3/t13-/m0/s1. The average molecular weight is 319 g/mol. The summed E-state index contributed by atoms with van der Waals surface area (Å²) >= 11 is 0. The summed E-state index contributed by atoms with van der Waals surface area (Å²) in [6, 6.07) is 17.7. The van der Waals surface area contributed by atoms with Crippen molar-refractivity contribution in [1.82, 2.24) is 24.3 Å². The van der Waals surface area contributed by atoms with Gasteiger partial charge in [-0.15, -0.1) is 5.10 Å². The minimum atomic E-state index is -0.659. The van der Waals surface area contributed by atoms with E-state index >= 15 is 0 Å². The third kappa shape index (κ3) is 2.57. The van der Waals surface area contributed by atoms with Gasteiger partial charge in [0.25, 0.3) is 0 Å². The molecular weight excluding hydrogens is 302 g/mol. The van der Waals surface area contributed by atoms with Crippen molar-refractivity contribution in [2.45, 2.75) is 19.6 Å². The lowest BCUT2D eigenvalue weighted by molar-refractivity contribution is 0.185. The summed E-state index contributed by atoms with van der Waals surface area (Å²) in [4.78, 5) is 8.92. The number of aliphatic hydroxyl groups excluding tert-OH is 1. The molecule has 4 aromatic rings. The molecular formula is C18H17N5O. The third-order valence-electron chi connectivity index (χ3n) is 3.92. The number of fused-ring (bicyclic) bond motifs is 1. The molecule has 0 fully saturated rings. The number of aromatic nitrogens is 5. The van der Waals surface area contributed by atoms with Gasteiger partial charge in [-0.05, 0) is 31.2 Å². The van der Waals surface area contributed by atoms with E-state index in [1.165, 1.54) is 0 Å². The van der Waals surface area contributed by atoms with Crippen molar-refractivity contribution in [3.63, 3.8) is 0 Å². The number of hydrogen-bond acceptors (Lipinski definition) is 4. The van der Waals surface area contributed by atoms with E-state index in [0.717, 1.165) is 16.7 Å². The number of para-hydroxylation sites is 3. The molecule has 2 heterocycles. The van der Waals surface area contributed by atoms with Crippen molar-refractivity contribution in [2.24, 2.45) is 0 Å². The molecule has 0 saturated heterocycles. The van der Waals surface area contributed by atoms with Crippen LogP contribution in [0.3, 0.4) is 0 Å². The number of hydrogen-bond donors (Lipinski definition) is 1. The van der Waals surface area contributed by atoms with E-state index in [4.69, 9.17) is 0 Å². The highest BCUT2D eigenvalue weighted by Gasteiger charge is 2.16. The van der Waals surface area contributed by atoms with Crippen molar-refractivity contribution < 1.29 is 5.11 Å². The average Bonchev–Trinajstić information content (AvgIpc) is 3.21. The molecule has 0 aliphatic heterocycles. The number of benzene rings is 2. The Labute approximate surface area is 139 Å². The van der Waals surface area contributed by atoms with Crippen LogP contribution in [0.25, 0.3) is 16.7 Å². The maximum absolute atomic E-state index is 10.0. The molecule has 0 unspecified atom stereocenters. The van der Waals surface area contributed by atoms with Gasteiger partial charge in [0.05, 0.1) is 23.3 Å². The zero-order valence-electron chi connectivity index (χ0n) is 13.2. The Balaban J connectivity index is 1.72. The molecule has 0 radical (unpaired) electrons. The zero-order chi connectivity index (χ0) is 16.5. The summed E-state index contributed by atoms with van der Waals surface area (Å²) in [5, 5.41) is 14.6. The van der Waals surface area contributed by atoms with Crippen molar-refractivity contribution in [3.05, 3.63) is 72.6 Å². The molecule has 1 atom stereocenters. The van der Waals surface area contributed by atoms with Crippen LogP contribution in [0.1, 0.15) is 24.7 Å². The van der Waals surface area contributed by atoms with Crippen LogP contribution >= 0.6 is 0 Å². The summed E-state index contributed by atoms with van der Waals surface area (Å²) in [6.45, 7) is 2.17. The first kappa shape index (κ1) is 14.6. The van der Waals surface area contributed by atoms with Crippen LogP contribution in [0.2, 0.25) is 0 Å². The van der Waals surface area contributed by atoms with Crippen molar-refractivity contribution in [2.75, 3.05) is 0 Å². The number of nitrogens with zero attached hydrogens (tertiary/aromatic N) is 5. The molecule has 0 spiro atoms. The van der Waals surface area contributed by atoms with Crippen LogP contribution in [0.4, 0.5) is 0 Å². The largest absolute Gasteiger partial charge is 0.385 e. The van der Waals surface area contributed by atoms with Gasteiger partial charge in [-0.2, -0.15) is 0 Å². The summed E-state index contributed by atoms with van der Waals surface area (Å²) in [5.74, 6) is 1.29. The molecule has 0 aliphatic carbocycles. The second-order valence-electron chi connectivity index (χ2n) is 5.66. The SMILES string of the molecule is C[C@H](O)c1nc2ccccc2n1Cc1ncn(-c2ccccc2)n1. The van der Waals surface area contributed by atoms with Gasteiger partial charge in [0.15, 0.2) is 5.82 Å². The quantitative estimate of drug-likeness (QED) is 0.628. The minimum Gasteiger partial charge on any atom is -0.385 e. The molecule has 4 rings (SSSR count). The second-order valence-corrected chi connectivity index (χ2v) is 5.66. The molecule has 6 nitrogen and oxygen atoms in total. The van der Waals surface area contributed by atoms with E-state index in [9.17, 15) is 5.11 Å². The highest BCUT2D eigenvalue weighted by Crippen LogP contribution is 2.21. The lowest BCUT2D eigenvalue weighted by Gasteiger charge is -2.08. The Kier molecular flexibility index (Phi) is 3.59. The summed E-state index contributed by atoms with van der Waals surface area (Å²) < 4.78 is 3.71. The summed E-state index contributed by atoms with van der Waals surface area (Å²) in [6.07, 6.45) is 1.04. The fourth-order valence-corrected chi connectivity index (χ4v) is 2.80. The van der Waals surface area contributed by atoms with Gasteiger partial charge in [-0.1, -0.05) is 30.3 Å². The molecule has 1 N–H and O–H groups in total. The van der Waals surface area contributed by atoms with E-state index < -0.39 is 6.10 Å². The number of rotatable bonds is 4. The van der Waals surface area contributed by atoms with Crippen molar-refractivity contribution in [1.29, 1.82) is 0 Å². The van der Waals surface area contributed by atoms with E-state index in [-0.39, 0.29) is 0 Å². The molecule has 2 aromatic carbocycles. The smallest absolute Gasteiger partial charge is 0.170 e. The second kappa shape index (κ2) is 5.90. The van der Waals surface area contributed by atoms with Gasteiger partial charge in [-0.25, -0.2) is 14.6 Å². The van der Waals surface area contributed by atoms with Crippen LogP contribution < -0.4 is 0 Å². The third-order valence-corrected chi connectivity index (χ3v) is 3.92. The highest BCUT2D eigenvalue weighted by molar-refractivity contribution is 5.76. The number of imidazole rings is 1. The predicted octanol–water partition coefficient (Wildman–Crippen LogP) is 2.72. The van der Waals surface area contributed by atoms with Gasteiger partial charge >= 0.3 is 0 Å². The van der Waals surface area contributed by atoms with E-state index in [2.05, 4.69) is 15.1 Å². The Morgan fingerprint density at radius 1 is 1.04 bits per heavy atom. The lowest BCUT2D eigenvalue weighted by Crippen LogP contribution is -2.09. The summed E-state index contributed by atoms with van der Waals surface area (Å²) in [5.41, 5.74) is 2.78. The van der Waals surface area contributed by atoms with Crippen LogP contribution in [-0.2, 0) is 6.54 Å². The monoisotopic (exact) mass is 319 g/mol. The van der Waals surface area contributed by atoms with Gasteiger partial charge < -0.3 is 9.67 Å². The zero-order valence-corrected chi connectivity index (χ0v) is 13.2. The first-order valence-electron chi connectivity index (χ1n) is 7.81. The van der Waals surface area contributed by atoms with E-state index in [1.807, 2.05) is 59.2 Å². The molecule has 6 heteroatoms. The van der Waals surface area contributed by atoms with Gasteiger partial charge in [0.1, 0.15) is 18.3 Å². The minimum absolute atomic E-state index is 0.459. The van der Waals surface area contributed by atoms with E-state index in [0.29, 0.717) is 18.2 Å². The fraction of sp³-hybridized carbons (Fsp3) is 0.167. The predicted molar refractivity (Wildman–Crippen MR) is 90.8 cm³/mol. The molecule has 0 bridgehead atoms. The molecule has 0 amide bonds. The van der Waals surface area contributed by atoms with Crippen molar-refractivity contribution in [3.8, 4) is 5.69 Å². The highest BCUT2D eigenvalue weighted by atomic mass is 16.3. The van der Waals surface area contributed by atoms with Crippen LogP contribution in [0, 0.1) is 0 Å². The molecule has 2 aromatic heterocycles.